The van der Waals surface area contributed by atoms with Gasteiger partial charge in [0.05, 0.1) is 20.6 Å². The summed E-state index contributed by atoms with van der Waals surface area (Å²) < 4.78 is 24.1. The van der Waals surface area contributed by atoms with Crippen LogP contribution in [0.15, 0.2) is 35.4 Å². The second kappa shape index (κ2) is 12.7. The number of halogens is 2. The van der Waals surface area contributed by atoms with E-state index in [1.807, 2.05) is 12.1 Å². The average Bonchev–Trinajstić information content (AvgIpc) is 2.68. The minimum Gasteiger partial charge on any atom is -0.253 e. The van der Waals surface area contributed by atoms with Crippen molar-refractivity contribution in [2.45, 2.75) is 82.4 Å². The van der Waals surface area contributed by atoms with E-state index in [0.29, 0.717) is 21.3 Å². The molecule has 0 aliphatic heterocycles. The van der Waals surface area contributed by atoms with Gasteiger partial charge in [-0.05, 0) is 36.6 Å². The van der Waals surface area contributed by atoms with Gasteiger partial charge >= 0.3 is 0 Å². The van der Waals surface area contributed by atoms with E-state index >= 15 is 0 Å². The predicted molar refractivity (Wildman–Crippen MR) is 127 cm³/mol. The van der Waals surface area contributed by atoms with Gasteiger partial charge in [0.15, 0.2) is 0 Å². The molecule has 0 aliphatic carbocycles. The maximum atomic E-state index is 12.0. The fourth-order valence-electron chi connectivity index (χ4n) is 3.60. The largest absolute Gasteiger partial charge is 0.253 e. The van der Waals surface area contributed by atoms with E-state index < -0.39 is 10.0 Å². The number of aromatic nitrogens is 1. The molecule has 0 saturated heterocycles. The molecule has 7 heteroatoms. The number of hydrogen-bond acceptors (Lipinski definition) is 3. The van der Waals surface area contributed by atoms with Crippen LogP contribution in [-0.2, 0) is 16.4 Å². The van der Waals surface area contributed by atoms with Gasteiger partial charge in [0.1, 0.15) is 0 Å². The minimum atomic E-state index is -3.90. The molecule has 0 radical (unpaired) electrons. The molecular weight excluding hydrogens is 439 g/mol. The van der Waals surface area contributed by atoms with Gasteiger partial charge in [-0.25, -0.2) is 13.6 Å². The van der Waals surface area contributed by atoms with Crippen molar-refractivity contribution in [3.05, 3.63) is 46.1 Å². The number of rotatable bonds is 13. The number of sulfonamides is 1. The first-order valence-electron chi connectivity index (χ1n) is 10.8. The normalized spacial score (nSPS) is 11.7. The second-order valence-corrected chi connectivity index (χ2v) is 10.2. The number of unbranched alkanes of at least 4 members (excludes halogenated alkanes) is 9. The zero-order valence-corrected chi connectivity index (χ0v) is 20.0. The summed E-state index contributed by atoms with van der Waals surface area (Å²) in [5.74, 6) is 0. The van der Waals surface area contributed by atoms with E-state index in [9.17, 15) is 8.42 Å². The summed E-state index contributed by atoms with van der Waals surface area (Å²) in [4.78, 5) is 4.26. The van der Waals surface area contributed by atoms with Crippen LogP contribution in [0.1, 0.15) is 76.7 Å². The van der Waals surface area contributed by atoms with E-state index in [0.717, 1.165) is 18.4 Å². The van der Waals surface area contributed by atoms with Crippen LogP contribution in [0.2, 0.25) is 10.0 Å². The molecule has 2 rings (SSSR count). The minimum absolute atomic E-state index is 0.0195. The van der Waals surface area contributed by atoms with Gasteiger partial charge in [-0.15, -0.1) is 0 Å². The highest BCUT2D eigenvalue weighted by molar-refractivity contribution is 7.89. The molecule has 0 aliphatic rings. The molecule has 30 heavy (non-hydrogen) atoms. The number of pyridine rings is 1. The first kappa shape index (κ1) is 25.1. The summed E-state index contributed by atoms with van der Waals surface area (Å²) in [5, 5.41) is 6.09. The zero-order valence-electron chi connectivity index (χ0n) is 17.7. The third kappa shape index (κ3) is 8.18. The van der Waals surface area contributed by atoms with Gasteiger partial charge in [-0.1, -0.05) is 94.0 Å². The Morgan fingerprint density at radius 1 is 0.900 bits per heavy atom. The van der Waals surface area contributed by atoms with Crippen molar-refractivity contribution in [2.24, 2.45) is 5.14 Å². The second-order valence-electron chi connectivity index (χ2n) is 7.79. The standard InChI is InChI=1S/C23H32Cl2N2O2S/c1-2-3-4-5-6-7-8-9-10-11-12-18-13-14-22(30(26,28)29)20(15-18)23-21(25)16-19(24)17-27-23/h13-17H,2-12H2,1H3,(H2,26,28,29). The van der Waals surface area contributed by atoms with Gasteiger partial charge in [0.2, 0.25) is 10.0 Å². The van der Waals surface area contributed by atoms with Crippen molar-refractivity contribution >= 4 is 33.2 Å². The summed E-state index contributed by atoms with van der Waals surface area (Å²) in [6.45, 7) is 2.24. The van der Waals surface area contributed by atoms with E-state index in [2.05, 4.69) is 11.9 Å². The van der Waals surface area contributed by atoms with E-state index in [-0.39, 0.29) is 4.90 Å². The highest BCUT2D eigenvalue weighted by Crippen LogP contribution is 2.33. The van der Waals surface area contributed by atoms with Crippen molar-refractivity contribution in [2.75, 3.05) is 0 Å². The molecule has 0 unspecified atom stereocenters. The Morgan fingerprint density at radius 2 is 1.50 bits per heavy atom. The topological polar surface area (TPSA) is 73.1 Å². The van der Waals surface area contributed by atoms with Crippen LogP contribution in [0.5, 0.6) is 0 Å². The zero-order chi connectivity index (χ0) is 22.0. The summed E-state index contributed by atoms with van der Waals surface area (Å²) in [6, 6.07) is 6.74. The first-order valence-corrected chi connectivity index (χ1v) is 13.1. The summed E-state index contributed by atoms with van der Waals surface area (Å²) >= 11 is 12.2. The van der Waals surface area contributed by atoms with Crippen molar-refractivity contribution in [1.82, 2.24) is 4.98 Å². The fourth-order valence-corrected chi connectivity index (χ4v) is 4.80. The Kier molecular flexibility index (Phi) is 10.6. The number of nitrogens with zero attached hydrogens (tertiary/aromatic N) is 1. The van der Waals surface area contributed by atoms with Gasteiger partial charge in [-0.2, -0.15) is 0 Å². The SMILES string of the molecule is CCCCCCCCCCCCc1ccc(S(N)(=O)=O)c(-c2ncc(Cl)cc2Cl)c1. The number of primary sulfonamides is 1. The summed E-state index contributed by atoms with van der Waals surface area (Å²) in [6.07, 6.45) is 15.1. The number of aryl methyl sites for hydroxylation is 1. The highest BCUT2D eigenvalue weighted by Gasteiger charge is 2.19. The Morgan fingerprint density at radius 3 is 2.07 bits per heavy atom. The molecule has 2 N–H and O–H groups in total. The lowest BCUT2D eigenvalue weighted by molar-refractivity contribution is 0.556. The highest BCUT2D eigenvalue weighted by atomic mass is 35.5. The first-order chi connectivity index (χ1) is 14.3. The van der Waals surface area contributed by atoms with E-state index in [4.69, 9.17) is 28.3 Å². The molecule has 0 spiro atoms. The van der Waals surface area contributed by atoms with Gasteiger partial charge in [0, 0.05) is 11.8 Å². The molecule has 1 aromatic carbocycles. The van der Waals surface area contributed by atoms with Crippen molar-refractivity contribution in [3.63, 3.8) is 0 Å². The number of hydrogen-bond donors (Lipinski definition) is 1. The Hall–Kier alpha value is -1.14. The molecular formula is C23H32Cl2N2O2S. The fraction of sp³-hybridized carbons (Fsp3) is 0.522. The average molecular weight is 471 g/mol. The predicted octanol–water partition coefficient (Wildman–Crippen LogP) is 7.17. The van der Waals surface area contributed by atoms with Crippen LogP contribution in [0.3, 0.4) is 0 Å². The molecule has 166 valence electrons. The molecule has 0 bridgehead atoms. The number of nitrogens with two attached hydrogens (primary N) is 1. The van der Waals surface area contributed by atoms with Gasteiger partial charge < -0.3 is 0 Å². The summed E-state index contributed by atoms with van der Waals surface area (Å²) in [7, 11) is -3.90. The molecule has 0 saturated carbocycles. The molecule has 0 amide bonds. The van der Waals surface area contributed by atoms with Crippen LogP contribution in [-0.4, -0.2) is 13.4 Å². The van der Waals surface area contributed by atoms with Crippen LogP contribution in [0.4, 0.5) is 0 Å². The Balaban J connectivity index is 1.95. The van der Waals surface area contributed by atoms with E-state index in [1.54, 1.807) is 12.1 Å². The molecule has 1 aromatic heterocycles. The van der Waals surface area contributed by atoms with Crippen LogP contribution < -0.4 is 5.14 Å². The molecule has 0 atom stereocenters. The van der Waals surface area contributed by atoms with Crippen molar-refractivity contribution in [1.29, 1.82) is 0 Å². The van der Waals surface area contributed by atoms with Crippen LogP contribution in [0.25, 0.3) is 11.3 Å². The van der Waals surface area contributed by atoms with Gasteiger partial charge in [0.25, 0.3) is 0 Å². The van der Waals surface area contributed by atoms with Gasteiger partial charge in [-0.3, -0.25) is 4.98 Å². The Labute approximate surface area is 191 Å². The Bertz CT molecular complexity index is 917. The lowest BCUT2D eigenvalue weighted by atomic mass is 10.0. The molecule has 2 aromatic rings. The number of benzene rings is 1. The molecule has 4 nitrogen and oxygen atoms in total. The quantitative estimate of drug-likeness (QED) is 0.315. The third-order valence-electron chi connectivity index (χ3n) is 5.23. The lowest BCUT2D eigenvalue weighted by Gasteiger charge is -2.12. The smallest absolute Gasteiger partial charge is 0.238 e. The third-order valence-corrected chi connectivity index (χ3v) is 6.70. The molecule has 0 fully saturated rings. The van der Waals surface area contributed by atoms with Crippen molar-refractivity contribution in [3.8, 4) is 11.3 Å². The van der Waals surface area contributed by atoms with Crippen molar-refractivity contribution < 1.29 is 8.42 Å². The molecule has 1 heterocycles. The monoisotopic (exact) mass is 470 g/mol. The van der Waals surface area contributed by atoms with Crippen LogP contribution in [0, 0.1) is 0 Å². The van der Waals surface area contributed by atoms with E-state index in [1.165, 1.54) is 64.0 Å². The van der Waals surface area contributed by atoms with Crippen LogP contribution >= 0.6 is 23.2 Å². The lowest BCUT2D eigenvalue weighted by Crippen LogP contribution is -2.14. The maximum absolute atomic E-state index is 12.0. The maximum Gasteiger partial charge on any atom is 0.238 e. The summed E-state index contributed by atoms with van der Waals surface area (Å²) in [5.41, 5.74) is 1.84.